The van der Waals surface area contributed by atoms with Crippen LogP contribution in [0.1, 0.15) is 62.3 Å². The van der Waals surface area contributed by atoms with Crippen molar-refractivity contribution in [1.82, 2.24) is 0 Å². The molecule has 2 aromatic rings. The topological polar surface area (TPSA) is 77.8 Å². The first-order valence-electron chi connectivity index (χ1n) is 14.4. The number of hydrogen-bond donors (Lipinski definition) is 0. The Bertz CT molecular complexity index is 1080. The SMILES string of the molecule is CC#N.CC#N.CC#N.CC(C)(C)[PH+]1CN(c2ccccc2)C[PH+](C(C)(C)C)CN(c2ccccc2)C1.F[B-](F)(F)F.F[B-](F)(F)F.[Ni+2]. The van der Waals surface area contributed by atoms with E-state index >= 15 is 0 Å². The van der Waals surface area contributed by atoms with Crippen molar-refractivity contribution in [3.05, 3.63) is 60.7 Å². The second kappa shape index (κ2) is 26.3. The van der Waals surface area contributed by atoms with Crippen LogP contribution in [0.3, 0.4) is 0 Å². The molecule has 0 saturated carbocycles. The predicted molar refractivity (Wildman–Crippen MR) is 188 cm³/mol. The van der Waals surface area contributed by atoms with Gasteiger partial charge in [-0.15, -0.1) is 0 Å². The summed E-state index contributed by atoms with van der Waals surface area (Å²) in [6.07, 6.45) is 4.91. The molecule has 1 aliphatic rings. The normalized spacial score (nSPS) is 15.8. The average Bonchev–Trinajstić information content (AvgIpc) is 2.88. The Hall–Kier alpha value is -2.57. The van der Waals surface area contributed by atoms with Gasteiger partial charge in [0.1, 0.15) is 25.1 Å². The van der Waals surface area contributed by atoms with Gasteiger partial charge in [0.25, 0.3) is 0 Å². The van der Waals surface area contributed by atoms with E-state index in [2.05, 4.69) is 112 Å². The maximum absolute atomic E-state index is 9.75. The minimum Gasteiger partial charge on any atom is -0.418 e. The number of nitrogens with zero attached hydrogens (tertiary/aromatic N) is 5. The van der Waals surface area contributed by atoms with Crippen molar-refractivity contribution in [2.75, 3.05) is 34.9 Å². The van der Waals surface area contributed by atoms with Crippen LogP contribution in [0, 0.1) is 34.0 Å². The summed E-state index contributed by atoms with van der Waals surface area (Å²) in [6, 6.07) is 27.5. The molecular formula is C30H47B2F8N5NiP2+2. The minimum atomic E-state index is -6.00. The fourth-order valence-electron chi connectivity index (χ4n) is 3.72. The molecule has 18 heteroatoms. The van der Waals surface area contributed by atoms with E-state index in [4.69, 9.17) is 15.8 Å². The van der Waals surface area contributed by atoms with Gasteiger partial charge in [0.05, 0.1) is 28.5 Å². The van der Waals surface area contributed by atoms with Crippen LogP contribution in [-0.2, 0) is 16.5 Å². The molecule has 2 aromatic carbocycles. The van der Waals surface area contributed by atoms with Gasteiger partial charge in [-0.1, -0.05) is 36.4 Å². The molecule has 1 saturated heterocycles. The smallest absolute Gasteiger partial charge is 0.418 e. The maximum Gasteiger partial charge on any atom is 2.00 e. The summed E-state index contributed by atoms with van der Waals surface area (Å²) in [5.41, 5.74) is 2.82. The molecule has 1 heterocycles. The fourth-order valence-corrected chi connectivity index (χ4v) is 9.29. The van der Waals surface area contributed by atoms with Crippen molar-refractivity contribution < 1.29 is 51.0 Å². The van der Waals surface area contributed by atoms with E-state index in [0.717, 1.165) is 0 Å². The maximum atomic E-state index is 9.75. The molecule has 5 nitrogen and oxygen atoms in total. The molecule has 1 aliphatic heterocycles. The summed E-state index contributed by atoms with van der Waals surface area (Å²) in [7, 11) is -13.2. The first-order chi connectivity index (χ1) is 21.4. The third-order valence-electron chi connectivity index (χ3n) is 5.89. The van der Waals surface area contributed by atoms with Crippen LogP contribution < -0.4 is 9.80 Å². The van der Waals surface area contributed by atoms with Gasteiger partial charge in [0.2, 0.25) is 0 Å². The van der Waals surface area contributed by atoms with Gasteiger partial charge >= 0.3 is 31.0 Å². The van der Waals surface area contributed by atoms with E-state index in [1.54, 1.807) is 18.2 Å². The predicted octanol–water partition coefficient (Wildman–Crippen LogP) is 11.1. The van der Waals surface area contributed by atoms with Crippen LogP contribution in [0.4, 0.5) is 45.9 Å². The second-order valence-electron chi connectivity index (χ2n) is 11.8. The Labute approximate surface area is 294 Å². The van der Waals surface area contributed by atoms with Gasteiger partial charge in [-0.05, 0) is 65.8 Å². The van der Waals surface area contributed by atoms with E-state index in [9.17, 15) is 34.5 Å². The van der Waals surface area contributed by atoms with Gasteiger partial charge in [-0.25, -0.2) is 0 Å². The van der Waals surface area contributed by atoms with Crippen molar-refractivity contribution in [3.8, 4) is 18.2 Å². The van der Waals surface area contributed by atoms with Gasteiger partial charge in [-0.3, -0.25) is 0 Å². The molecule has 48 heavy (non-hydrogen) atoms. The van der Waals surface area contributed by atoms with E-state index in [1.807, 2.05) is 0 Å². The Balaban J connectivity index is -0.000000400. The number of rotatable bonds is 2. The van der Waals surface area contributed by atoms with Crippen LogP contribution in [0.15, 0.2) is 60.7 Å². The molecule has 0 radical (unpaired) electrons. The number of anilines is 2. The third-order valence-corrected chi connectivity index (χ3v) is 13.2. The van der Waals surface area contributed by atoms with Gasteiger partial charge in [0, 0.05) is 48.0 Å². The molecule has 0 spiro atoms. The van der Waals surface area contributed by atoms with Crippen LogP contribution in [0.5, 0.6) is 0 Å². The zero-order chi connectivity index (χ0) is 37.5. The van der Waals surface area contributed by atoms with Crippen LogP contribution in [0.2, 0.25) is 0 Å². The summed E-state index contributed by atoms with van der Waals surface area (Å²) in [4.78, 5) is 5.48. The fraction of sp³-hybridized carbons (Fsp3) is 0.500. The number of halogens is 8. The van der Waals surface area contributed by atoms with Crippen molar-refractivity contribution in [2.45, 2.75) is 72.6 Å². The summed E-state index contributed by atoms with van der Waals surface area (Å²) in [5.74, 6) is 0. The average molecular weight is 772 g/mol. The van der Waals surface area contributed by atoms with Crippen molar-refractivity contribution in [3.63, 3.8) is 0 Å². The number of hydrogen-bond acceptors (Lipinski definition) is 5. The number of nitriles is 3. The Morgan fingerprint density at radius 2 is 0.688 bits per heavy atom. The standard InChI is InChI=1S/C24H36N2P2.3C2H3N.2BF4.Ni/c1-23(2,3)27-17-25(21-13-9-7-10-14-21)19-28(24(4,5)6)20-26(18-27)22-15-11-8-12-16-22;3*1-2-3;2*2-1(3,4)5;/h7-16H,17-20H2,1-6H3;3*1H3;;;/q;;;;2*-1;+2/p+2. The van der Waals surface area contributed by atoms with E-state index < -0.39 is 30.4 Å². The molecule has 272 valence electrons. The summed E-state index contributed by atoms with van der Waals surface area (Å²) < 4.78 is 78.0. The zero-order valence-electron chi connectivity index (χ0n) is 28.8. The first-order valence-corrected chi connectivity index (χ1v) is 18.2. The third kappa shape index (κ3) is 32.0. The van der Waals surface area contributed by atoms with Crippen molar-refractivity contribution in [1.29, 1.82) is 15.8 Å². The quantitative estimate of drug-likeness (QED) is 0.173. The Morgan fingerprint density at radius 3 is 0.833 bits per heavy atom. The van der Waals surface area contributed by atoms with E-state index in [-0.39, 0.29) is 16.5 Å². The number of benzene rings is 2. The molecule has 0 bridgehead atoms. The molecule has 0 amide bonds. The first kappa shape index (κ1) is 52.3. The molecular weight excluding hydrogens is 725 g/mol. The molecule has 0 aliphatic carbocycles. The summed E-state index contributed by atoms with van der Waals surface area (Å²) >= 11 is 0. The minimum absolute atomic E-state index is 0. The summed E-state index contributed by atoms with van der Waals surface area (Å²) in [5, 5.41) is 22.7. The van der Waals surface area contributed by atoms with Crippen LogP contribution >= 0.6 is 15.8 Å². The van der Waals surface area contributed by atoms with Gasteiger partial charge < -0.3 is 44.3 Å². The second-order valence-corrected chi connectivity index (χ2v) is 18.4. The number of para-hydroxylation sites is 2. The summed E-state index contributed by atoms with van der Waals surface area (Å²) in [6.45, 7) is 19.0. The van der Waals surface area contributed by atoms with E-state index in [1.165, 1.54) is 57.3 Å². The molecule has 3 rings (SSSR count). The largest absolute Gasteiger partial charge is 2.00 e. The Kier molecular flexibility index (Phi) is 28.7. The van der Waals surface area contributed by atoms with Gasteiger partial charge in [-0.2, -0.15) is 15.8 Å². The molecule has 0 atom stereocenters. The Morgan fingerprint density at radius 1 is 0.521 bits per heavy atom. The molecule has 0 aromatic heterocycles. The van der Waals surface area contributed by atoms with E-state index in [0.29, 0.717) is 10.3 Å². The molecule has 0 unspecified atom stereocenters. The van der Waals surface area contributed by atoms with Crippen molar-refractivity contribution >= 4 is 41.7 Å². The van der Waals surface area contributed by atoms with Crippen molar-refractivity contribution in [2.24, 2.45) is 0 Å². The molecule has 0 N–H and O–H groups in total. The molecule has 1 fully saturated rings. The monoisotopic (exact) mass is 771 g/mol. The van der Waals surface area contributed by atoms with Crippen LogP contribution in [0.25, 0.3) is 0 Å². The van der Waals surface area contributed by atoms with Crippen LogP contribution in [-0.4, -0.2) is 50.0 Å². The zero-order valence-corrected chi connectivity index (χ0v) is 31.8. The van der Waals surface area contributed by atoms with Gasteiger partial charge in [0.15, 0.2) is 0 Å².